The SMILES string of the molecule is N=C1S/C(=C\c2cccc([N+](=O)[O-])c2)C(=O)N1c1ccc(Cl)c(Cl)c1. The van der Waals surface area contributed by atoms with E-state index in [0.717, 1.165) is 11.8 Å². The van der Waals surface area contributed by atoms with Crippen LogP contribution in [0, 0.1) is 15.5 Å². The fourth-order valence-corrected chi connectivity index (χ4v) is 3.38. The van der Waals surface area contributed by atoms with E-state index in [4.69, 9.17) is 28.6 Å². The summed E-state index contributed by atoms with van der Waals surface area (Å²) in [7, 11) is 0. The highest BCUT2D eigenvalue weighted by Gasteiger charge is 2.33. The molecule has 1 fully saturated rings. The van der Waals surface area contributed by atoms with E-state index in [9.17, 15) is 14.9 Å². The second-order valence-electron chi connectivity index (χ2n) is 5.01. The van der Waals surface area contributed by atoms with Crippen LogP contribution in [0.25, 0.3) is 6.08 Å². The standard InChI is InChI=1S/C16H9Cl2N3O3S/c17-12-5-4-10(8-13(12)18)20-15(22)14(25-16(20)19)7-9-2-1-3-11(6-9)21(23)24/h1-8,19H/b14-7-,19-16?. The molecule has 2 aromatic carbocycles. The van der Waals surface area contributed by atoms with E-state index in [1.807, 2.05) is 0 Å². The molecule has 6 nitrogen and oxygen atoms in total. The van der Waals surface area contributed by atoms with Crippen LogP contribution in [0.5, 0.6) is 0 Å². The largest absolute Gasteiger partial charge is 0.278 e. The summed E-state index contributed by atoms with van der Waals surface area (Å²) in [6, 6.07) is 10.6. The molecule has 0 atom stereocenters. The number of halogens is 2. The van der Waals surface area contributed by atoms with E-state index in [0.29, 0.717) is 16.3 Å². The highest BCUT2D eigenvalue weighted by Crippen LogP contribution is 2.37. The van der Waals surface area contributed by atoms with Gasteiger partial charge in [-0.15, -0.1) is 0 Å². The minimum atomic E-state index is -0.504. The second-order valence-corrected chi connectivity index (χ2v) is 6.85. The van der Waals surface area contributed by atoms with Gasteiger partial charge in [-0.1, -0.05) is 35.3 Å². The average molecular weight is 394 g/mol. The van der Waals surface area contributed by atoms with Crippen molar-refractivity contribution in [1.29, 1.82) is 5.41 Å². The summed E-state index contributed by atoms with van der Waals surface area (Å²) in [6.07, 6.45) is 1.52. The summed E-state index contributed by atoms with van der Waals surface area (Å²) in [5.41, 5.74) is 0.870. The molecule has 0 radical (unpaired) electrons. The Balaban J connectivity index is 1.94. The van der Waals surface area contributed by atoms with Gasteiger partial charge in [0.05, 0.1) is 25.6 Å². The van der Waals surface area contributed by atoms with Crippen LogP contribution < -0.4 is 4.90 Å². The molecule has 0 aliphatic carbocycles. The number of nitrogens with one attached hydrogen (secondary N) is 1. The first-order chi connectivity index (χ1) is 11.9. The van der Waals surface area contributed by atoms with Crippen LogP contribution >= 0.6 is 35.0 Å². The lowest BCUT2D eigenvalue weighted by Gasteiger charge is -2.14. The van der Waals surface area contributed by atoms with Gasteiger partial charge in [0.2, 0.25) is 0 Å². The maximum atomic E-state index is 12.6. The lowest BCUT2D eigenvalue weighted by Crippen LogP contribution is -2.28. The molecule has 2 aromatic rings. The fourth-order valence-electron chi connectivity index (χ4n) is 2.23. The zero-order valence-electron chi connectivity index (χ0n) is 12.4. The number of anilines is 1. The third kappa shape index (κ3) is 3.53. The fraction of sp³-hybridized carbons (Fsp3) is 0. The summed E-state index contributed by atoms with van der Waals surface area (Å²) in [6.45, 7) is 0. The summed E-state index contributed by atoms with van der Waals surface area (Å²) in [4.78, 5) is 24.5. The van der Waals surface area contributed by atoms with Gasteiger partial charge in [-0.2, -0.15) is 0 Å². The van der Waals surface area contributed by atoms with Gasteiger partial charge >= 0.3 is 0 Å². The van der Waals surface area contributed by atoms with Gasteiger partial charge in [-0.05, 0) is 41.6 Å². The number of benzene rings is 2. The van der Waals surface area contributed by atoms with Crippen molar-refractivity contribution >= 4 is 63.5 Å². The Kier molecular flexibility index (Phi) is 4.80. The van der Waals surface area contributed by atoms with E-state index in [1.165, 1.54) is 35.2 Å². The summed E-state index contributed by atoms with van der Waals surface area (Å²) in [5, 5.41) is 19.5. The van der Waals surface area contributed by atoms with Gasteiger partial charge in [0.15, 0.2) is 5.17 Å². The highest BCUT2D eigenvalue weighted by atomic mass is 35.5. The molecule has 1 aliphatic heterocycles. The number of amides is 1. The number of nitrogens with zero attached hydrogens (tertiary/aromatic N) is 2. The van der Waals surface area contributed by atoms with Crippen molar-refractivity contribution in [3.63, 3.8) is 0 Å². The molecule has 126 valence electrons. The Morgan fingerprint density at radius 3 is 2.60 bits per heavy atom. The lowest BCUT2D eigenvalue weighted by molar-refractivity contribution is -0.384. The third-order valence-corrected chi connectivity index (χ3v) is 4.99. The molecule has 9 heteroatoms. The number of nitro groups is 1. The maximum absolute atomic E-state index is 12.6. The molecule has 1 heterocycles. The van der Waals surface area contributed by atoms with Gasteiger partial charge < -0.3 is 0 Å². The first-order valence-corrected chi connectivity index (χ1v) is 8.46. The van der Waals surface area contributed by atoms with E-state index in [2.05, 4.69) is 0 Å². The van der Waals surface area contributed by atoms with Gasteiger partial charge in [0, 0.05) is 12.1 Å². The molecule has 25 heavy (non-hydrogen) atoms. The number of hydrogen-bond acceptors (Lipinski definition) is 5. The molecular formula is C16H9Cl2N3O3S. The number of nitro benzene ring substituents is 1. The first-order valence-electron chi connectivity index (χ1n) is 6.89. The maximum Gasteiger partial charge on any atom is 0.271 e. The van der Waals surface area contributed by atoms with Crippen molar-refractivity contribution in [2.24, 2.45) is 0 Å². The van der Waals surface area contributed by atoms with Crippen LogP contribution in [0.1, 0.15) is 5.56 Å². The number of amidine groups is 1. The molecular weight excluding hydrogens is 385 g/mol. The van der Waals surface area contributed by atoms with Gasteiger partial charge in [0.25, 0.3) is 11.6 Å². The number of carbonyl (C=O) groups is 1. The van der Waals surface area contributed by atoms with Crippen LogP contribution in [-0.4, -0.2) is 16.0 Å². The molecule has 1 N–H and O–H groups in total. The van der Waals surface area contributed by atoms with Crippen LogP contribution in [0.2, 0.25) is 10.0 Å². The molecule has 1 amide bonds. The van der Waals surface area contributed by atoms with Gasteiger partial charge in [-0.3, -0.25) is 25.2 Å². The molecule has 1 aliphatic rings. The third-order valence-electron chi connectivity index (χ3n) is 3.36. The minimum absolute atomic E-state index is 0.0140. The van der Waals surface area contributed by atoms with Crippen LogP contribution in [-0.2, 0) is 4.79 Å². The van der Waals surface area contributed by atoms with Gasteiger partial charge in [0.1, 0.15) is 0 Å². The van der Waals surface area contributed by atoms with Crippen LogP contribution in [0.15, 0.2) is 47.4 Å². The highest BCUT2D eigenvalue weighted by molar-refractivity contribution is 8.19. The van der Waals surface area contributed by atoms with E-state index < -0.39 is 10.8 Å². The average Bonchev–Trinajstić information content (AvgIpc) is 2.84. The normalized spacial score (nSPS) is 15.9. The van der Waals surface area contributed by atoms with Crippen molar-refractivity contribution < 1.29 is 9.72 Å². The van der Waals surface area contributed by atoms with E-state index in [-0.39, 0.29) is 20.8 Å². The van der Waals surface area contributed by atoms with E-state index >= 15 is 0 Å². The molecule has 0 spiro atoms. The molecule has 1 saturated heterocycles. The Morgan fingerprint density at radius 2 is 1.92 bits per heavy atom. The number of thioether (sulfide) groups is 1. The minimum Gasteiger partial charge on any atom is -0.278 e. The van der Waals surface area contributed by atoms with Gasteiger partial charge in [-0.25, -0.2) is 0 Å². The summed E-state index contributed by atoms with van der Waals surface area (Å²) < 4.78 is 0. The quantitative estimate of drug-likeness (QED) is 0.453. The second kappa shape index (κ2) is 6.87. The van der Waals surface area contributed by atoms with E-state index in [1.54, 1.807) is 18.2 Å². The van der Waals surface area contributed by atoms with Crippen molar-refractivity contribution in [3.05, 3.63) is 73.1 Å². The Bertz CT molecular complexity index is 946. The number of non-ortho nitro benzene ring substituents is 1. The summed E-state index contributed by atoms with van der Waals surface area (Å²) in [5.74, 6) is -0.403. The Hall–Kier alpha value is -2.35. The topological polar surface area (TPSA) is 87.3 Å². The van der Waals surface area contributed by atoms with Crippen LogP contribution in [0.4, 0.5) is 11.4 Å². The zero-order valence-corrected chi connectivity index (χ0v) is 14.7. The van der Waals surface area contributed by atoms with Crippen molar-refractivity contribution in [3.8, 4) is 0 Å². The number of hydrogen-bond donors (Lipinski definition) is 1. The van der Waals surface area contributed by atoms with Crippen molar-refractivity contribution in [2.45, 2.75) is 0 Å². The Morgan fingerprint density at radius 1 is 1.16 bits per heavy atom. The monoisotopic (exact) mass is 393 g/mol. The smallest absolute Gasteiger partial charge is 0.271 e. The predicted octanol–water partition coefficient (Wildman–Crippen LogP) is 4.96. The van der Waals surface area contributed by atoms with Crippen LogP contribution in [0.3, 0.4) is 0 Å². The molecule has 0 aromatic heterocycles. The number of rotatable bonds is 3. The van der Waals surface area contributed by atoms with Crippen molar-refractivity contribution in [1.82, 2.24) is 0 Å². The molecule has 3 rings (SSSR count). The Labute approximate surface area is 156 Å². The zero-order chi connectivity index (χ0) is 18.1. The predicted molar refractivity (Wildman–Crippen MR) is 100 cm³/mol. The first kappa shape index (κ1) is 17.5. The van der Waals surface area contributed by atoms with Crippen molar-refractivity contribution in [2.75, 3.05) is 4.90 Å². The number of carbonyl (C=O) groups excluding carboxylic acids is 1. The summed E-state index contributed by atoms with van der Waals surface area (Å²) >= 11 is 12.8. The lowest BCUT2D eigenvalue weighted by atomic mass is 10.2. The molecule has 0 unspecified atom stereocenters. The molecule has 0 saturated carbocycles. The molecule has 0 bridgehead atoms.